The Labute approximate surface area is 106 Å². The summed E-state index contributed by atoms with van der Waals surface area (Å²) in [5.41, 5.74) is 0. The van der Waals surface area contributed by atoms with Crippen molar-refractivity contribution in [3.05, 3.63) is 0 Å². The van der Waals surface area contributed by atoms with Crippen LogP contribution in [0, 0.1) is 0 Å². The van der Waals surface area contributed by atoms with E-state index in [1.54, 1.807) is 21.3 Å². The van der Waals surface area contributed by atoms with E-state index in [2.05, 4.69) is 6.92 Å². The first-order chi connectivity index (χ1) is 7.74. The number of rotatable bonds is 11. The summed E-state index contributed by atoms with van der Waals surface area (Å²) in [4.78, 5) is 0. The third kappa shape index (κ3) is 6.91. The van der Waals surface area contributed by atoms with Crippen LogP contribution in [0.1, 0.15) is 32.6 Å². The van der Waals surface area contributed by atoms with Crippen molar-refractivity contribution >= 4 is 20.6 Å². The molecule has 0 aliphatic carbocycles. The van der Waals surface area contributed by atoms with Gasteiger partial charge in [-0.1, -0.05) is 19.8 Å². The minimum absolute atomic E-state index is 0.928. The fraction of sp³-hybridized carbons (Fsp3) is 1.00. The fourth-order valence-corrected chi connectivity index (χ4v) is 4.09. The van der Waals surface area contributed by atoms with Gasteiger partial charge in [0.1, 0.15) is 0 Å². The van der Waals surface area contributed by atoms with Crippen LogP contribution >= 0.6 is 11.8 Å². The third-order valence-electron chi connectivity index (χ3n) is 2.66. The largest absolute Gasteiger partial charge is 0.500 e. The molecule has 16 heavy (non-hydrogen) atoms. The van der Waals surface area contributed by atoms with Crippen LogP contribution in [0.5, 0.6) is 0 Å². The van der Waals surface area contributed by atoms with Gasteiger partial charge < -0.3 is 13.3 Å². The highest BCUT2D eigenvalue weighted by Gasteiger charge is 2.36. The van der Waals surface area contributed by atoms with Crippen molar-refractivity contribution in [3.63, 3.8) is 0 Å². The average molecular weight is 266 g/mol. The molecule has 0 rings (SSSR count). The van der Waals surface area contributed by atoms with E-state index in [4.69, 9.17) is 13.3 Å². The zero-order valence-corrected chi connectivity index (χ0v) is 12.9. The van der Waals surface area contributed by atoms with Gasteiger partial charge in [0.15, 0.2) is 0 Å². The molecule has 0 aromatic carbocycles. The molecule has 0 heterocycles. The molecule has 5 heteroatoms. The van der Waals surface area contributed by atoms with E-state index < -0.39 is 8.80 Å². The molecular weight excluding hydrogens is 240 g/mol. The molecule has 0 N–H and O–H groups in total. The summed E-state index contributed by atoms with van der Waals surface area (Å²) in [7, 11) is 2.74. The molecule has 0 spiro atoms. The van der Waals surface area contributed by atoms with E-state index in [-0.39, 0.29) is 0 Å². The van der Waals surface area contributed by atoms with Crippen molar-refractivity contribution < 1.29 is 13.3 Å². The van der Waals surface area contributed by atoms with Crippen molar-refractivity contribution in [3.8, 4) is 0 Å². The van der Waals surface area contributed by atoms with Crippen LogP contribution in [0.4, 0.5) is 0 Å². The topological polar surface area (TPSA) is 27.7 Å². The molecular formula is C11H26O3SSi. The molecule has 3 nitrogen and oxygen atoms in total. The van der Waals surface area contributed by atoms with Gasteiger partial charge in [0, 0.05) is 27.4 Å². The smallest absolute Gasteiger partial charge is 0.377 e. The van der Waals surface area contributed by atoms with Crippen molar-refractivity contribution in [2.24, 2.45) is 0 Å². The average Bonchev–Trinajstić information content (AvgIpc) is 2.34. The molecule has 0 bridgehead atoms. The van der Waals surface area contributed by atoms with E-state index >= 15 is 0 Å². The highest BCUT2D eigenvalue weighted by atomic mass is 32.2. The van der Waals surface area contributed by atoms with Crippen molar-refractivity contribution in [1.29, 1.82) is 0 Å². The predicted molar refractivity (Wildman–Crippen MR) is 73.1 cm³/mol. The first-order valence-corrected chi connectivity index (χ1v) is 9.06. The minimum Gasteiger partial charge on any atom is -0.377 e. The van der Waals surface area contributed by atoms with Crippen LogP contribution in [-0.2, 0) is 13.3 Å². The van der Waals surface area contributed by atoms with Gasteiger partial charge in [-0.2, -0.15) is 11.8 Å². The molecule has 98 valence electrons. The zero-order chi connectivity index (χ0) is 12.3. The Balaban J connectivity index is 3.48. The summed E-state index contributed by atoms with van der Waals surface area (Å²) in [6, 6.07) is 0.928. The summed E-state index contributed by atoms with van der Waals surface area (Å²) in [6.07, 6.45) is 5.00. The minimum atomic E-state index is -2.30. The Hall–Kier alpha value is 0.447. The van der Waals surface area contributed by atoms with Crippen molar-refractivity contribution in [1.82, 2.24) is 0 Å². The maximum Gasteiger partial charge on any atom is 0.500 e. The Morgan fingerprint density at radius 2 is 1.44 bits per heavy atom. The standard InChI is InChI=1S/C11H26O3SSi/c1-5-15-10-8-6-7-9-11-16(12-2,13-3)14-4/h5-11H2,1-4H3. The Morgan fingerprint density at radius 1 is 0.875 bits per heavy atom. The lowest BCUT2D eigenvalue weighted by Crippen LogP contribution is -2.42. The van der Waals surface area contributed by atoms with Crippen LogP contribution in [0.3, 0.4) is 0 Å². The summed E-state index contributed by atoms with van der Waals surface area (Å²) >= 11 is 2.02. The lowest BCUT2D eigenvalue weighted by Gasteiger charge is -2.24. The van der Waals surface area contributed by atoms with Gasteiger partial charge in [0.25, 0.3) is 0 Å². The van der Waals surface area contributed by atoms with E-state index in [1.807, 2.05) is 11.8 Å². The van der Waals surface area contributed by atoms with Gasteiger partial charge in [0.05, 0.1) is 0 Å². The van der Waals surface area contributed by atoms with Gasteiger partial charge in [-0.25, -0.2) is 0 Å². The number of unbranched alkanes of at least 4 members (excludes halogenated alkanes) is 3. The Kier molecular flexibility index (Phi) is 10.9. The summed E-state index contributed by atoms with van der Waals surface area (Å²) < 4.78 is 16.1. The van der Waals surface area contributed by atoms with Crippen LogP contribution in [0.2, 0.25) is 6.04 Å². The first kappa shape index (κ1) is 16.4. The number of hydrogen-bond acceptors (Lipinski definition) is 4. The second-order valence-corrected chi connectivity index (χ2v) is 8.14. The highest BCUT2D eigenvalue weighted by molar-refractivity contribution is 7.99. The van der Waals surface area contributed by atoms with Crippen LogP contribution in [-0.4, -0.2) is 41.6 Å². The van der Waals surface area contributed by atoms with Gasteiger partial charge in [-0.05, 0) is 24.3 Å². The number of thioether (sulfide) groups is 1. The molecule has 0 fully saturated rings. The van der Waals surface area contributed by atoms with E-state index in [1.165, 1.54) is 30.8 Å². The maximum absolute atomic E-state index is 5.37. The first-order valence-electron chi connectivity index (χ1n) is 5.98. The van der Waals surface area contributed by atoms with E-state index in [0.29, 0.717) is 0 Å². The molecule has 0 aromatic heterocycles. The van der Waals surface area contributed by atoms with E-state index in [9.17, 15) is 0 Å². The molecule has 0 aliphatic rings. The van der Waals surface area contributed by atoms with E-state index in [0.717, 1.165) is 12.5 Å². The molecule has 0 amide bonds. The predicted octanol–water partition coefficient (Wildman–Crippen LogP) is 3.18. The Morgan fingerprint density at radius 3 is 1.94 bits per heavy atom. The lowest BCUT2D eigenvalue weighted by atomic mass is 10.2. The molecule has 0 radical (unpaired) electrons. The summed E-state index contributed by atoms with van der Waals surface area (Å²) in [5.74, 6) is 2.52. The second kappa shape index (κ2) is 10.6. The van der Waals surface area contributed by atoms with Gasteiger partial charge in [-0.15, -0.1) is 0 Å². The SMILES string of the molecule is CCSCCCCCC[Si](OC)(OC)OC. The van der Waals surface area contributed by atoms with Gasteiger partial charge in [-0.3, -0.25) is 0 Å². The monoisotopic (exact) mass is 266 g/mol. The quantitative estimate of drug-likeness (QED) is 0.424. The highest BCUT2D eigenvalue weighted by Crippen LogP contribution is 2.18. The maximum atomic E-state index is 5.37. The van der Waals surface area contributed by atoms with Crippen molar-refractivity contribution in [2.75, 3.05) is 32.8 Å². The summed E-state index contributed by atoms with van der Waals surface area (Å²) in [5, 5.41) is 0. The second-order valence-electron chi connectivity index (χ2n) is 3.66. The summed E-state index contributed by atoms with van der Waals surface area (Å²) in [6.45, 7) is 2.21. The lowest BCUT2D eigenvalue weighted by molar-refractivity contribution is 0.122. The molecule has 0 saturated heterocycles. The molecule has 0 saturated carbocycles. The Bertz CT molecular complexity index is 146. The normalized spacial score (nSPS) is 12.0. The van der Waals surface area contributed by atoms with Gasteiger partial charge in [0.2, 0.25) is 0 Å². The van der Waals surface area contributed by atoms with Gasteiger partial charge >= 0.3 is 8.80 Å². The third-order valence-corrected chi connectivity index (χ3v) is 6.48. The fourth-order valence-electron chi connectivity index (χ4n) is 1.60. The van der Waals surface area contributed by atoms with Crippen LogP contribution in [0.15, 0.2) is 0 Å². The molecule has 0 aromatic rings. The molecule has 0 atom stereocenters. The van der Waals surface area contributed by atoms with Crippen LogP contribution in [0.25, 0.3) is 0 Å². The molecule has 0 aliphatic heterocycles. The van der Waals surface area contributed by atoms with Crippen LogP contribution < -0.4 is 0 Å². The number of hydrogen-bond donors (Lipinski definition) is 0. The molecule has 0 unspecified atom stereocenters. The van der Waals surface area contributed by atoms with Crippen molar-refractivity contribution in [2.45, 2.75) is 38.7 Å². The zero-order valence-electron chi connectivity index (χ0n) is 11.1.